The molecule has 0 aliphatic carbocycles. The maximum Gasteiger partial charge on any atom is 0.135 e. The molecule has 0 saturated carbocycles. The maximum atomic E-state index is 12.0. The van der Waals surface area contributed by atoms with Gasteiger partial charge in [0.05, 0.1) is 21.9 Å². The molecule has 2 aromatic heterocycles. The molecule has 2 atom stereocenters. The van der Waals surface area contributed by atoms with E-state index in [1.54, 1.807) is 24.2 Å². The third-order valence-electron chi connectivity index (χ3n) is 3.19. The summed E-state index contributed by atoms with van der Waals surface area (Å²) in [6.07, 6.45) is 4.71. The van der Waals surface area contributed by atoms with E-state index in [0.717, 1.165) is 11.4 Å². The lowest BCUT2D eigenvalue weighted by Crippen LogP contribution is -2.17. The quantitative estimate of drug-likeness (QED) is 0.839. The summed E-state index contributed by atoms with van der Waals surface area (Å²) in [5.41, 5.74) is 1.97. The predicted molar refractivity (Wildman–Crippen MR) is 75.8 cm³/mol. The molecular weight excluding hydrogens is 256 g/mol. The summed E-state index contributed by atoms with van der Waals surface area (Å²) in [4.78, 5) is 20.7. The number of hydrogen-bond donors (Lipinski definition) is 0. The third kappa shape index (κ3) is 2.84. The fraction of sp³-hybridized carbons (Fsp3) is 0.267. The van der Waals surface area contributed by atoms with Crippen LogP contribution in [0.1, 0.15) is 34.7 Å². The Morgan fingerprint density at radius 2 is 1.42 bits per heavy atom. The molecule has 1 saturated heterocycles. The van der Waals surface area contributed by atoms with Gasteiger partial charge >= 0.3 is 0 Å². The van der Waals surface area contributed by atoms with Crippen LogP contribution in [0.2, 0.25) is 0 Å². The van der Waals surface area contributed by atoms with E-state index < -0.39 is 0 Å². The van der Waals surface area contributed by atoms with Gasteiger partial charge in [0, 0.05) is 25.2 Å². The van der Waals surface area contributed by atoms with Crippen molar-refractivity contribution in [1.82, 2.24) is 9.97 Å². The summed E-state index contributed by atoms with van der Waals surface area (Å²) >= 11 is 1.80. The molecular formula is C15H14N2OS. The first-order chi connectivity index (χ1) is 9.33. The van der Waals surface area contributed by atoms with E-state index in [2.05, 4.69) is 9.97 Å². The summed E-state index contributed by atoms with van der Waals surface area (Å²) in [5.74, 6) is 0.296. The Hall–Kier alpha value is -1.68. The van der Waals surface area contributed by atoms with Crippen LogP contribution in [0.5, 0.6) is 0 Å². The third-order valence-corrected chi connectivity index (χ3v) is 4.66. The van der Waals surface area contributed by atoms with Gasteiger partial charge in [-0.05, 0) is 24.3 Å². The minimum Gasteiger partial charge on any atom is -0.300 e. The maximum absolute atomic E-state index is 12.0. The number of ketones is 1. The number of aromatic nitrogens is 2. The van der Waals surface area contributed by atoms with Gasteiger partial charge in [-0.1, -0.05) is 12.1 Å². The van der Waals surface area contributed by atoms with Gasteiger partial charge in [-0.3, -0.25) is 14.8 Å². The van der Waals surface area contributed by atoms with E-state index in [-0.39, 0.29) is 10.5 Å². The second-order valence-corrected chi connectivity index (χ2v) is 5.98. The highest BCUT2D eigenvalue weighted by atomic mass is 32.2. The number of pyridine rings is 2. The molecule has 4 heteroatoms. The fourth-order valence-electron chi connectivity index (χ4n) is 2.27. The van der Waals surface area contributed by atoms with Crippen molar-refractivity contribution in [3.63, 3.8) is 0 Å². The molecule has 1 fully saturated rings. The van der Waals surface area contributed by atoms with Crippen molar-refractivity contribution in [1.29, 1.82) is 0 Å². The lowest BCUT2D eigenvalue weighted by atomic mass is 10.0. The van der Waals surface area contributed by atoms with Gasteiger partial charge in [0.1, 0.15) is 5.78 Å². The van der Waals surface area contributed by atoms with Crippen LogP contribution in [0.15, 0.2) is 48.8 Å². The molecule has 3 nitrogen and oxygen atoms in total. The van der Waals surface area contributed by atoms with Gasteiger partial charge < -0.3 is 0 Å². The molecule has 3 heterocycles. The van der Waals surface area contributed by atoms with Crippen LogP contribution in [0.25, 0.3) is 0 Å². The normalized spacial score (nSPS) is 23.3. The first-order valence-electron chi connectivity index (χ1n) is 6.32. The Morgan fingerprint density at radius 3 is 1.84 bits per heavy atom. The minimum atomic E-state index is 0.148. The summed E-state index contributed by atoms with van der Waals surface area (Å²) in [6, 6.07) is 11.7. The topological polar surface area (TPSA) is 42.9 Å². The Labute approximate surface area is 116 Å². The van der Waals surface area contributed by atoms with Crippen LogP contribution in [0.3, 0.4) is 0 Å². The summed E-state index contributed by atoms with van der Waals surface area (Å²) < 4.78 is 0. The highest BCUT2D eigenvalue weighted by Crippen LogP contribution is 2.47. The number of carbonyl (C=O) groups is 1. The SMILES string of the molecule is O=C1C[C@@H](c2ccccn2)S[C@@H](c2ccccn2)C1. The van der Waals surface area contributed by atoms with E-state index >= 15 is 0 Å². The van der Waals surface area contributed by atoms with Gasteiger partial charge in [0.25, 0.3) is 0 Å². The molecule has 96 valence electrons. The second-order valence-electron chi connectivity index (χ2n) is 4.57. The van der Waals surface area contributed by atoms with Crippen LogP contribution < -0.4 is 0 Å². The first kappa shape index (κ1) is 12.4. The number of thioether (sulfide) groups is 1. The molecule has 0 unspecified atom stereocenters. The fourth-order valence-corrected chi connectivity index (χ4v) is 3.79. The lowest BCUT2D eigenvalue weighted by molar-refractivity contribution is -0.119. The molecule has 0 amide bonds. The molecule has 2 aromatic rings. The van der Waals surface area contributed by atoms with Crippen molar-refractivity contribution >= 4 is 17.5 Å². The number of Topliss-reactive ketones (excluding diaryl/α,β-unsaturated/α-hetero) is 1. The molecule has 0 spiro atoms. The van der Waals surface area contributed by atoms with E-state index in [9.17, 15) is 4.79 Å². The van der Waals surface area contributed by atoms with E-state index in [1.165, 1.54) is 0 Å². The van der Waals surface area contributed by atoms with Crippen molar-refractivity contribution in [2.75, 3.05) is 0 Å². The molecule has 3 rings (SSSR count). The highest BCUT2D eigenvalue weighted by molar-refractivity contribution is 7.99. The van der Waals surface area contributed by atoms with Crippen molar-refractivity contribution in [2.45, 2.75) is 23.3 Å². The summed E-state index contributed by atoms with van der Waals surface area (Å²) in [6.45, 7) is 0. The van der Waals surface area contributed by atoms with Crippen LogP contribution in [-0.4, -0.2) is 15.8 Å². The highest BCUT2D eigenvalue weighted by Gasteiger charge is 2.31. The monoisotopic (exact) mass is 270 g/mol. The van der Waals surface area contributed by atoms with Crippen LogP contribution in [0, 0.1) is 0 Å². The van der Waals surface area contributed by atoms with E-state index in [1.807, 2.05) is 36.4 Å². The molecule has 1 aliphatic rings. The zero-order valence-corrected chi connectivity index (χ0v) is 11.2. The Morgan fingerprint density at radius 1 is 0.895 bits per heavy atom. The molecule has 1 aliphatic heterocycles. The van der Waals surface area contributed by atoms with Crippen molar-refractivity contribution in [3.8, 4) is 0 Å². The molecule has 0 aromatic carbocycles. The molecule has 0 bridgehead atoms. The van der Waals surface area contributed by atoms with Gasteiger partial charge in [-0.15, -0.1) is 11.8 Å². The van der Waals surface area contributed by atoms with Gasteiger partial charge in [0.15, 0.2) is 0 Å². The number of nitrogens with zero attached hydrogens (tertiary/aromatic N) is 2. The van der Waals surface area contributed by atoms with Gasteiger partial charge in [0.2, 0.25) is 0 Å². The van der Waals surface area contributed by atoms with Crippen molar-refractivity contribution in [3.05, 3.63) is 60.2 Å². The molecule has 0 N–H and O–H groups in total. The first-order valence-corrected chi connectivity index (χ1v) is 7.26. The molecule has 19 heavy (non-hydrogen) atoms. The van der Waals surface area contributed by atoms with Gasteiger partial charge in [-0.25, -0.2) is 0 Å². The number of rotatable bonds is 2. The van der Waals surface area contributed by atoms with Crippen LogP contribution in [-0.2, 0) is 4.79 Å². The summed E-state index contributed by atoms with van der Waals surface area (Å²) in [7, 11) is 0. The smallest absolute Gasteiger partial charge is 0.135 e. The second kappa shape index (κ2) is 5.53. The van der Waals surface area contributed by atoms with Gasteiger partial charge in [-0.2, -0.15) is 0 Å². The Bertz CT molecular complexity index is 509. The number of hydrogen-bond acceptors (Lipinski definition) is 4. The van der Waals surface area contributed by atoms with Crippen molar-refractivity contribution < 1.29 is 4.79 Å². The van der Waals surface area contributed by atoms with E-state index in [4.69, 9.17) is 0 Å². The predicted octanol–water partition coefficient (Wildman–Crippen LogP) is 3.36. The average Bonchev–Trinajstić information content (AvgIpc) is 2.48. The van der Waals surface area contributed by atoms with Crippen molar-refractivity contribution in [2.24, 2.45) is 0 Å². The average molecular weight is 270 g/mol. The lowest BCUT2D eigenvalue weighted by Gasteiger charge is -2.27. The molecule has 0 radical (unpaired) electrons. The zero-order chi connectivity index (χ0) is 13.1. The summed E-state index contributed by atoms with van der Waals surface area (Å²) in [5, 5.41) is 0.295. The van der Waals surface area contributed by atoms with E-state index in [0.29, 0.717) is 18.6 Å². The standard InChI is InChI=1S/C15H14N2OS/c18-11-9-14(12-5-1-3-7-16-12)19-15(10-11)13-6-2-4-8-17-13/h1-8,14-15H,9-10H2/t14-,15+. The Balaban J connectivity index is 1.84. The zero-order valence-electron chi connectivity index (χ0n) is 10.4. The largest absolute Gasteiger partial charge is 0.300 e. The van der Waals surface area contributed by atoms with Crippen LogP contribution >= 0.6 is 11.8 Å². The number of carbonyl (C=O) groups excluding carboxylic acids is 1. The van der Waals surface area contributed by atoms with Crippen LogP contribution in [0.4, 0.5) is 0 Å². The Kier molecular flexibility index (Phi) is 3.60. The minimum absolute atomic E-state index is 0.148.